The van der Waals surface area contributed by atoms with E-state index >= 15 is 0 Å². The van der Waals surface area contributed by atoms with Crippen molar-refractivity contribution in [1.29, 1.82) is 0 Å². The van der Waals surface area contributed by atoms with E-state index in [2.05, 4.69) is 10.6 Å². The van der Waals surface area contributed by atoms with Gasteiger partial charge in [0.05, 0.1) is 17.9 Å². The first-order valence-electron chi connectivity index (χ1n) is 17.0. The highest BCUT2D eigenvalue weighted by Crippen LogP contribution is 2.43. The lowest BCUT2D eigenvalue weighted by Crippen LogP contribution is -2.43. The van der Waals surface area contributed by atoms with Crippen LogP contribution in [0.3, 0.4) is 0 Å². The molecule has 0 radical (unpaired) electrons. The Morgan fingerprint density at radius 1 is 0.755 bits per heavy atom. The Morgan fingerprint density at radius 2 is 1.27 bits per heavy atom. The van der Waals surface area contributed by atoms with Crippen LogP contribution < -0.4 is 10.6 Å². The molecule has 0 spiro atoms. The predicted octanol–water partition coefficient (Wildman–Crippen LogP) is 5.04. The number of carbonyl (C=O) groups is 3. The second-order valence-electron chi connectivity index (χ2n) is 13.9. The van der Waals surface area contributed by atoms with Gasteiger partial charge in [-0.1, -0.05) is 72.8 Å². The van der Waals surface area contributed by atoms with Crippen LogP contribution in [0.25, 0.3) is 0 Å². The maximum atomic E-state index is 14.2. The Bertz CT molecular complexity index is 1580. The lowest BCUT2D eigenvalue weighted by molar-refractivity contribution is -0.184. The summed E-state index contributed by atoms with van der Waals surface area (Å²) in [7, 11) is 1.50. The number of carbonyl (C=O) groups excluding carboxylic acids is 3. The molecule has 2 aliphatic carbocycles. The van der Waals surface area contributed by atoms with Gasteiger partial charge in [-0.05, 0) is 48.1 Å². The van der Waals surface area contributed by atoms with Crippen molar-refractivity contribution in [3.8, 4) is 0 Å². The van der Waals surface area contributed by atoms with E-state index in [1.165, 1.54) is 41.2 Å². The van der Waals surface area contributed by atoms with Crippen LogP contribution in [-0.2, 0) is 14.3 Å². The quantitative estimate of drug-likeness (QED) is 0.315. The monoisotopic (exact) mass is 674 g/mol. The summed E-state index contributed by atoms with van der Waals surface area (Å²) in [6.07, 6.45) is -2.65. The third kappa shape index (κ3) is 7.23. The van der Waals surface area contributed by atoms with E-state index in [1.54, 1.807) is 0 Å². The number of hydrogen-bond acceptors (Lipinski definition) is 5. The minimum absolute atomic E-state index is 0.0391. The lowest BCUT2D eigenvalue weighted by atomic mass is 9.94. The number of benzene rings is 3. The van der Waals surface area contributed by atoms with Gasteiger partial charge in [0.1, 0.15) is 6.04 Å². The number of likely N-dealkylation sites (tertiary alicyclic amines) is 2. The molecule has 2 saturated carbocycles. The van der Waals surface area contributed by atoms with Crippen molar-refractivity contribution in [1.82, 2.24) is 20.4 Å². The summed E-state index contributed by atoms with van der Waals surface area (Å²) in [5.74, 6) is -2.06. The Kier molecular flexibility index (Phi) is 9.23. The van der Waals surface area contributed by atoms with E-state index in [1.807, 2.05) is 60.7 Å². The molecule has 3 aromatic carbocycles. The lowest BCUT2D eigenvalue weighted by Gasteiger charge is -2.30. The van der Waals surface area contributed by atoms with Crippen LogP contribution in [0.2, 0.25) is 0 Å². The van der Waals surface area contributed by atoms with Gasteiger partial charge in [0.25, 0.3) is 5.91 Å². The number of alkyl halides is 3. The van der Waals surface area contributed by atoms with Gasteiger partial charge in [-0.2, -0.15) is 13.2 Å². The SMILES string of the molecule is CO[C@@H]1CCN(C(c2ccc(C(=O)N3C[C@@H](C(=O)N[C@H]4C[C@@H]4c4ccccc4)[C@H](C(=O)N[C@H]4C[C@@H]4c4ccccc4)C3)cc2)C(F)(F)F)C1. The van der Waals surface area contributed by atoms with Crippen LogP contribution in [0.1, 0.15) is 64.2 Å². The molecule has 11 heteroatoms. The van der Waals surface area contributed by atoms with Gasteiger partial charge in [-0.25, -0.2) is 0 Å². The zero-order valence-electron chi connectivity index (χ0n) is 27.3. The summed E-state index contributed by atoms with van der Waals surface area (Å²) in [5.41, 5.74) is 2.54. The van der Waals surface area contributed by atoms with Crippen molar-refractivity contribution < 1.29 is 32.3 Å². The largest absolute Gasteiger partial charge is 0.408 e. The van der Waals surface area contributed by atoms with Crippen LogP contribution in [0.5, 0.6) is 0 Å². The number of hydrogen-bond donors (Lipinski definition) is 2. The van der Waals surface area contributed by atoms with Crippen molar-refractivity contribution in [3.63, 3.8) is 0 Å². The van der Waals surface area contributed by atoms with Gasteiger partial charge >= 0.3 is 6.18 Å². The first-order valence-corrected chi connectivity index (χ1v) is 17.0. The minimum atomic E-state index is -4.51. The number of halogens is 3. The topological polar surface area (TPSA) is 91.0 Å². The molecular weight excluding hydrogens is 633 g/mol. The molecular formula is C38H41F3N4O4. The van der Waals surface area contributed by atoms with Crippen molar-refractivity contribution in [2.24, 2.45) is 11.8 Å². The first kappa shape index (κ1) is 33.3. The van der Waals surface area contributed by atoms with Crippen LogP contribution in [0, 0.1) is 11.8 Å². The zero-order chi connectivity index (χ0) is 34.3. The van der Waals surface area contributed by atoms with Gasteiger partial charge in [0.2, 0.25) is 11.8 Å². The molecule has 3 aromatic rings. The number of methoxy groups -OCH3 is 1. The Hall–Kier alpha value is -4.22. The van der Waals surface area contributed by atoms with E-state index in [9.17, 15) is 27.6 Å². The third-order valence-electron chi connectivity index (χ3n) is 10.6. The first-order chi connectivity index (χ1) is 23.6. The van der Waals surface area contributed by atoms with Crippen molar-refractivity contribution in [2.45, 2.75) is 61.5 Å². The Morgan fingerprint density at radius 3 is 1.71 bits per heavy atom. The molecule has 49 heavy (non-hydrogen) atoms. The molecule has 258 valence electrons. The standard InChI is InChI=1S/C38H41F3N4O4/c1-49-27-16-17-44(20-27)34(38(39,40)41)25-12-14-26(15-13-25)37(48)45-21-30(35(46)42-32-18-28(32)23-8-4-2-5-9-23)31(22-45)36(47)43-33-19-29(33)24-10-6-3-7-11-24/h2-15,27-34H,16-22H2,1H3,(H,42,46)(H,43,47)/t27-,28-,29-,30-,31-,32+,33+,34?/m1/s1. The van der Waals surface area contributed by atoms with Crippen molar-refractivity contribution in [2.75, 3.05) is 33.3 Å². The second kappa shape index (κ2) is 13.6. The van der Waals surface area contributed by atoms with Gasteiger partial charge in [0, 0.05) is 62.8 Å². The molecule has 0 bridgehead atoms. The van der Waals surface area contributed by atoms with Gasteiger partial charge < -0.3 is 20.3 Å². The average Bonchev–Trinajstić information content (AvgIpc) is 3.94. The molecule has 2 aliphatic heterocycles. The molecule has 2 saturated heterocycles. The molecule has 4 aliphatic rings. The number of ether oxygens (including phenoxy) is 1. The molecule has 2 N–H and O–H groups in total. The highest BCUT2D eigenvalue weighted by Gasteiger charge is 2.50. The maximum absolute atomic E-state index is 14.2. The summed E-state index contributed by atoms with van der Waals surface area (Å²) in [6.45, 7) is 0.501. The number of nitrogens with zero attached hydrogens (tertiary/aromatic N) is 2. The van der Waals surface area contributed by atoms with Crippen LogP contribution >= 0.6 is 0 Å². The van der Waals surface area contributed by atoms with Crippen LogP contribution in [-0.4, -0.2) is 85.2 Å². The van der Waals surface area contributed by atoms with Crippen LogP contribution in [0.15, 0.2) is 84.9 Å². The second-order valence-corrected chi connectivity index (χ2v) is 13.9. The number of nitrogens with one attached hydrogen (secondary N) is 2. The smallest absolute Gasteiger partial charge is 0.380 e. The molecule has 0 aromatic heterocycles. The molecule has 8 nitrogen and oxygen atoms in total. The summed E-state index contributed by atoms with van der Waals surface area (Å²) in [4.78, 5) is 44.0. The minimum Gasteiger partial charge on any atom is -0.380 e. The zero-order valence-corrected chi connectivity index (χ0v) is 27.3. The third-order valence-corrected chi connectivity index (χ3v) is 10.6. The summed E-state index contributed by atoms with van der Waals surface area (Å²) in [5, 5.41) is 6.25. The fourth-order valence-corrected chi connectivity index (χ4v) is 7.71. The number of amides is 3. The predicted molar refractivity (Wildman–Crippen MR) is 177 cm³/mol. The average molecular weight is 675 g/mol. The molecule has 1 unspecified atom stereocenters. The normalized spacial score (nSPS) is 28.6. The van der Waals surface area contributed by atoms with E-state index in [4.69, 9.17) is 4.74 Å². The fraction of sp³-hybridized carbons (Fsp3) is 0.447. The van der Waals surface area contributed by atoms with E-state index in [-0.39, 0.29) is 79.1 Å². The highest BCUT2D eigenvalue weighted by atomic mass is 19.4. The van der Waals surface area contributed by atoms with Gasteiger partial charge in [-0.3, -0.25) is 19.3 Å². The van der Waals surface area contributed by atoms with Crippen molar-refractivity contribution in [3.05, 3.63) is 107 Å². The highest BCUT2D eigenvalue weighted by molar-refractivity contribution is 5.97. The molecule has 2 heterocycles. The van der Waals surface area contributed by atoms with Gasteiger partial charge in [0.15, 0.2) is 0 Å². The van der Waals surface area contributed by atoms with E-state index in [0.29, 0.717) is 6.42 Å². The summed E-state index contributed by atoms with van der Waals surface area (Å²) in [6, 6.07) is 23.5. The number of rotatable bonds is 10. The van der Waals surface area contributed by atoms with Crippen LogP contribution in [0.4, 0.5) is 13.2 Å². The van der Waals surface area contributed by atoms with E-state index < -0.39 is 30.0 Å². The summed E-state index contributed by atoms with van der Waals surface area (Å²) >= 11 is 0. The fourth-order valence-electron chi connectivity index (χ4n) is 7.71. The Labute approximate surface area is 284 Å². The van der Waals surface area contributed by atoms with E-state index in [0.717, 1.165) is 24.0 Å². The summed E-state index contributed by atoms with van der Waals surface area (Å²) < 4.78 is 48.0. The van der Waals surface area contributed by atoms with Gasteiger partial charge in [-0.15, -0.1) is 0 Å². The molecule has 4 fully saturated rings. The van der Waals surface area contributed by atoms with Crippen molar-refractivity contribution >= 4 is 17.7 Å². The molecule has 8 atom stereocenters. The maximum Gasteiger partial charge on any atom is 0.408 e. The Balaban J connectivity index is 1.05. The molecule has 3 amide bonds. The molecule has 7 rings (SSSR count).